The smallest absolute Gasteiger partial charge is 0.294 e. The Balaban J connectivity index is 2.20. The van der Waals surface area contributed by atoms with Crippen molar-refractivity contribution in [3.63, 3.8) is 0 Å². The molecule has 0 aliphatic rings. The second kappa shape index (κ2) is 8.87. The summed E-state index contributed by atoms with van der Waals surface area (Å²) < 4.78 is 37.8. The van der Waals surface area contributed by atoms with Gasteiger partial charge in [-0.05, 0) is 48.7 Å². The molecule has 0 aromatic heterocycles. The van der Waals surface area contributed by atoms with Crippen LogP contribution >= 0.6 is 0 Å². The molecule has 6 heteroatoms. The van der Waals surface area contributed by atoms with Crippen LogP contribution in [0.4, 0.5) is 0 Å². The van der Waals surface area contributed by atoms with Gasteiger partial charge in [0, 0.05) is 6.07 Å². The lowest BCUT2D eigenvalue weighted by Gasteiger charge is -2.13. The van der Waals surface area contributed by atoms with Crippen LogP contribution in [0, 0.1) is 0 Å². The van der Waals surface area contributed by atoms with Gasteiger partial charge in [-0.2, -0.15) is 8.42 Å². The first-order valence-corrected chi connectivity index (χ1v) is 9.91. The number of phenolic OH excluding ortho intramolecular Hbond substituents is 1. The minimum Gasteiger partial charge on any atom is -0.508 e. The molecule has 2 aromatic rings. The fraction of sp³-hybridized carbons (Fsp3) is 0.368. The number of hydrogen-bond acceptors (Lipinski definition) is 4. The van der Waals surface area contributed by atoms with E-state index >= 15 is 0 Å². The summed E-state index contributed by atoms with van der Waals surface area (Å²) in [6.07, 6.45) is 6.41. The molecule has 2 aromatic carbocycles. The Morgan fingerprint density at radius 1 is 0.960 bits per heavy atom. The summed E-state index contributed by atoms with van der Waals surface area (Å²) in [4.78, 5) is -0.198. The lowest BCUT2D eigenvalue weighted by Crippen LogP contribution is -2.00. The monoisotopic (exact) mass is 364 g/mol. The van der Waals surface area contributed by atoms with Crippen LogP contribution in [0.3, 0.4) is 0 Å². The van der Waals surface area contributed by atoms with Crippen LogP contribution in [0.15, 0.2) is 47.4 Å². The predicted octanol–water partition coefficient (Wildman–Crippen LogP) is 4.94. The summed E-state index contributed by atoms with van der Waals surface area (Å²) in [6.45, 7) is 2.16. The van der Waals surface area contributed by atoms with Gasteiger partial charge in [0.15, 0.2) is 0 Å². The van der Waals surface area contributed by atoms with Gasteiger partial charge in [0.1, 0.15) is 17.2 Å². The molecule has 5 nitrogen and oxygen atoms in total. The molecule has 0 fully saturated rings. The highest BCUT2D eigenvalue weighted by Crippen LogP contribution is 2.30. The van der Waals surface area contributed by atoms with Gasteiger partial charge in [-0.3, -0.25) is 4.55 Å². The van der Waals surface area contributed by atoms with Crippen LogP contribution in [0.1, 0.15) is 44.6 Å². The number of rotatable bonds is 9. The third kappa shape index (κ3) is 6.07. The minimum absolute atomic E-state index is 0.121. The van der Waals surface area contributed by atoms with Gasteiger partial charge in [-0.15, -0.1) is 0 Å². The average molecular weight is 364 g/mol. The molecule has 2 N–H and O–H groups in total. The number of aromatic hydroxyl groups is 1. The van der Waals surface area contributed by atoms with Crippen molar-refractivity contribution in [3.8, 4) is 17.2 Å². The predicted molar refractivity (Wildman–Crippen MR) is 96.9 cm³/mol. The molecule has 136 valence electrons. The van der Waals surface area contributed by atoms with Crippen molar-refractivity contribution in [2.75, 3.05) is 0 Å². The molecule has 0 radical (unpaired) electrons. The maximum Gasteiger partial charge on any atom is 0.294 e. The normalized spacial score (nSPS) is 11.4. The first-order valence-electron chi connectivity index (χ1n) is 8.47. The average Bonchev–Trinajstić information content (AvgIpc) is 2.57. The third-order valence-electron chi connectivity index (χ3n) is 3.95. The second-order valence-electron chi connectivity index (χ2n) is 6.00. The van der Waals surface area contributed by atoms with Crippen LogP contribution in [-0.2, 0) is 16.5 Å². The minimum atomic E-state index is -4.29. The topological polar surface area (TPSA) is 83.8 Å². The van der Waals surface area contributed by atoms with Crippen LogP contribution in [-0.4, -0.2) is 18.1 Å². The molecule has 0 aliphatic carbocycles. The molecule has 0 aliphatic heterocycles. The number of phenols is 1. The molecular weight excluding hydrogens is 340 g/mol. The van der Waals surface area contributed by atoms with Gasteiger partial charge in [-0.25, -0.2) is 0 Å². The van der Waals surface area contributed by atoms with E-state index in [1.54, 1.807) is 18.2 Å². The van der Waals surface area contributed by atoms with Crippen molar-refractivity contribution in [3.05, 3.63) is 48.0 Å². The van der Waals surface area contributed by atoms with E-state index in [9.17, 15) is 18.1 Å². The molecular formula is C19H24O5S. The van der Waals surface area contributed by atoms with E-state index in [2.05, 4.69) is 6.92 Å². The summed E-state index contributed by atoms with van der Waals surface area (Å²) in [5.41, 5.74) is 0.886. The number of unbranched alkanes of at least 4 members (excludes halogenated alkanes) is 4. The number of aryl methyl sites for hydroxylation is 1. The van der Waals surface area contributed by atoms with Gasteiger partial charge in [0.25, 0.3) is 10.1 Å². The molecule has 0 spiro atoms. The highest BCUT2D eigenvalue weighted by molar-refractivity contribution is 7.85. The fourth-order valence-electron chi connectivity index (χ4n) is 2.56. The first kappa shape index (κ1) is 19.3. The van der Waals surface area contributed by atoms with Crippen molar-refractivity contribution < 1.29 is 22.8 Å². The molecule has 0 saturated heterocycles. The fourth-order valence-corrected chi connectivity index (χ4v) is 3.05. The second-order valence-corrected chi connectivity index (χ2v) is 7.43. The van der Waals surface area contributed by atoms with E-state index < -0.39 is 10.1 Å². The highest BCUT2D eigenvalue weighted by Gasteiger charge is 2.14. The molecule has 0 atom stereocenters. The summed E-state index contributed by atoms with van der Waals surface area (Å²) in [5.74, 6) is 1.00. The maximum absolute atomic E-state index is 11.4. The summed E-state index contributed by atoms with van der Waals surface area (Å²) in [6, 6.07) is 10.6. The number of ether oxygens (including phenoxy) is 1. The van der Waals surface area contributed by atoms with E-state index in [4.69, 9.17) is 4.74 Å². The quantitative estimate of drug-likeness (QED) is 0.486. The Kier molecular flexibility index (Phi) is 6.84. The lowest BCUT2D eigenvalue weighted by molar-refractivity contribution is 0.458. The largest absolute Gasteiger partial charge is 0.508 e. The first-order chi connectivity index (χ1) is 11.9. The van der Waals surface area contributed by atoms with Crippen molar-refractivity contribution in [2.24, 2.45) is 0 Å². The van der Waals surface area contributed by atoms with Gasteiger partial charge in [0.2, 0.25) is 0 Å². The zero-order valence-electron chi connectivity index (χ0n) is 14.3. The zero-order chi connectivity index (χ0) is 18.3. The SMILES string of the molecule is CCCCCCCc1ccc(S(=O)(=O)O)cc1Oc1ccc(O)cc1. The van der Waals surface area contributed by atoms with Crippen molar-refractivity contribution >= 4 is 10.1 Å². The Bertz CT molecular complexity index is 782. The van der Waals surface area contributed by atoms with Gasteiger partial charge >= 0.3 is 0 Å². The molecule has 0 bridgehead atoms. The van der Waals surface area contributed by atoms with Gasteiger partial charge in [-0.1, -0.05) is 38.7 Å². The van der Waals surface area contributed by atoms with Crippen molar-refractivity contribution in [1.29, 1.82) is 0 Å². The Labute approximate surface area is 149 Å². The van der Waals surface area contributed by atoms with Crippen LogP contribution in [0.25, 0.3) is 0 Å². The summed E-state index contributed by atoms with van der Waals surface area (Å²) in [7, 11) is -4.29. The third-order valence-corrected chi connectivity index (χ3v) is 4.80. The summed E-state index contributed by atoms with van der Waals surface area (Å²) >= 11 is 0. The van der Waals surface area contributed by atoms with E-state index in [1.165, 1.54) is 43.5 Å². The molecule has 0 amide bonds. The van der Waals surface area contributed by atoms with Crippen LogP contribution in [0.5, 0.6) is 17.2 Å². The molecule has 0 saturated carbocycles. The van der Waals surface area contributed by atoms with E-state index in [-0.39, 0.29) is 10.6 Å². The standard InChI is InChI=1S/C19H24O5S/c1-2-3-4-5-6-7-15-8-13-18(25(21,22)23)14-19(15)24-17-11-9-16(20)10-12-17/h8-14,20H,2-7H2,1H3,(H,21,22,23). The van der Waals surface area contributed by atoms with E-state index in [1.807, 2.05) is 0 Å². The Morgan fingerprint density at radius 3 is 2.28 bits per heavy atom. The van der Waals surface area contributed by atoms with E-state index in [0.717, 1.165) is 24.8 Å². The zero-order valence-corrected chi connectivity index (χ0v) is 15.1. The summed E-state index contributed by atoms with van der Waals surface area (Å²) in [5, 5.41) is 9.35. The highest BCUT2D eigenvalue weighted by atomic mass is 32.2. The number of hydrogen-bond donors (Lipinski definition) is 2. The van der Waals surface area contributed by atoms with Gasteiger partial charge < -0.3 is 9.84 Å². The molecule has 0 unspecified atom stereocenters. The lowest BCUT2D eigenvalue weighted by atomic mass is 10.0. The Hall–Kier alpha value is -2.05. The van der Waals surface area contributed by atoms with Crippen molar-refractivity contribution in [1.82, 2.24) is 0 Å². The molecule has 0 heterocycles. The molecule has 25 heavy (non-hydrogen) atoms. The molecule has 2 rings (SSSR count). The van der Waals surface area contributed by atoms with E-state index in [0.29, 0.717) is 11.5 Å². The van der Waals surface area contributed by atoms with Crippen molar-refractivity contribution in [2.45, 2.75) is 50.3 Å². The van der Waals surface area contributed by atoms with Gasteiger partial charge in [0.05, 0.1) is 4.90 Å². The van der Waals surface area contributed by atoms with Crippen LogP contribution in [0.2, 0.25) is 0 Å². The maximum atomic E-state index is 11.4. The number of benzene rings is 2. The Morgan fingerprint density at radius 2 is 1.64 bits per heavy atom. The van der Waals surface area contributed by atoms with Crippen LogP contribution < -0.4 is 4.74 Å².